The fraction of sp³-hybridized carbons (Fsp3) is 0.143. The molecule has 2 aromatic carbocycles. The molecular formula is C14H12Cl2O4S. The number of ether oxygens (including phenoxy) is 1. The molecule has 0 N–H and O–H groups in total. The predicted molar refractivity (Wildman–Crippen MR) is 82.0 cm³/mol. The second kappa shape index (κ2) is 6.13. The van der Waals surface area contributed by atoms with E-state index in [0.29, 0.717) is 16.3 Å². The second-order valence-corrected chi connectivity index (χ2v) is 6.63. The predicted octanol–water partition coefficient (Wildman–Crippen LogP) is 4.08. The van der Waals surface area contributed by atoms with Gasteiger partial charge in [-0.15, -0.1) is 0 Å². The molecule has 0 bridgehead atoms. The Morgan fingerprint density at radius 3 is 2.24 bits per heavy atom. The summed E-state index contributed by atoms with van der Waals surface area (Å²) in [5.74, 6) is 0.619. The summed E-state index contributed by atoms with van der Waals surface area (Å²) in [6, 6.07) is 8.75. The fourth-order valence-corrected chi connectivity index (χ4v) is 3.24. The van der Waals surface area contributed by atoms with Gasteiger partial charge in [-0.1, -0.05) is 23.2 Å². The molecule has 0 amide bonds. The molecule has 0 aromatic heterocycles. The van der Waals surface area contributed by atoms with E-state index in [-0.39, 0.29) is 15.7 Å². The van der Waals surface area contributed by atoms with E-state index < -0.39 is 10.1 Å². The first-order valence-corrected chi connectivity index (χ1v) is 8.04. The van der Waals surface area contributed by atoms with Crippen molar-refractivity contribution in [2.45, 2.75) is 11.8 Å². The van der Waals surface area contributed by atoms with E-state index in [1.807, 2.05) is 0 Å². The number of hydrogen-bond donors (Lipinski definition) is 0. The second-order valence-electron chi connectivity index (χ2n) is 4.24. The number of aryl methyl sites for hydroxylation is 1. The molecule has 7 heteroatoms. The van der Waals surface area contributed by atoms with Crippen molar-refractivity contribution < 1.29 is 17.3 Å². The summed E-state index contributed by atoms with van der Waals surface area (Å²) < 4.78 is 34.6. The summed E-state index contributed by atoms with van der Waals surface area (Å²) in [6.45, 7) is 1.74. The van der Waals surface area contributed by atoms with Gasteiger partial charge in [0.05, 0.1) is 12.1 Å². The van der Waals surface area contributed by atoms with E-state index in [2.05, 4.69) is 0 Å². The topological polar surface area (TPSA) is 52.6 Å². The third-order valence-corrected chi connectivity index (χ3v) is 4.51. The number of benzene rings is 2. The lowest BCUT2D eigenvalue weighted by atomic mass is 10.2. The van der Waals surface area contributed by atoms with Gasteiger partial charge in [0, 0.05) is 5.02 Å². The highest BCUT2D eigenvalue weighted by Gasteiger charge is 2.19. The third-order valence-electron chi connectivity index (χ3n) is 2.75. The largest absolute Gasteiger partial charge is 0.496 e. The minimum atomic E-state index is -3.98. The minimum Gasteiger partial charge on any atom is -0.496 e. The molecule has 0 spiro atoms. The standard InChI is InChI=1S/C14H12Cl2O4S/c1-9-7-11(4-6-13(9)19-2)21(17,18)20-14-5-3-10(15)8-12(14)16/h3-8H,1-2H3. The van der Waals surface area contributed by atoms with Crippen molar-refractivity contribution in [1.29, 1.82) is 0 Å². The smallest absolute Gasteiger partial charge is 0.339 e. The monoisotopic (exact) mass is 346 g/mol. The molecule has 0 aliphatic carbocycles. The highest BCUT2D eigenvalue weighted by Crippen LogP contribution is 2.30. The lowest BCUT2D eigenvalue weighted by Crippen LogP contribution is -2.10. The van der Waals surface area contributed by atoms with Gasteiger partial charge in [-0.2, -0.15) is 8.42 Å². The average Bonchev–Trinajstić information content (AvgIpc) is 2.42. The molecule has 0 heterocycles. The molecule has 0 unspecified atom stereocenters. The van der Waals surface area contributed by atoms with E-state index in [0.717, 1.165) is 0 Å². The van der Waals surface area contributed by atoms with E-state index in [4.69, 9.17) is 32.1 Å². The molecule has 4 nitrogen and oxygen atoms in total. The van der Waals surface area contributed by atoms with Crippen LogP contribution in [0.2, 0.25) is 10.0 Å². The first-order chi connectivity index (χ1) is 9.83. The third kappa shape index (κ3) is 3.61. The summed E-state index contributed by atoms with van der Waals surface area (Å²) in [6.07, 6.45) is 0. The highest BCUT2D eigenvalue weighted by molar-refractivity contribution is 7.87. The summed E-state index contributed by atoms with van der Waals surface area (Å²) >= 11 is 11.7. The zero-order valence-electron chi connectivity index (χ0n) is 11.3. The maximum atomic E-state index is 12.2. The number of halogens is 2. The van der Waals surface area contributed by atoms with Gasteiger partial charge in [0.15, 0.2) is 5.75 Å². The van der Waals surface area contributed by atoms with E-state index in [9.17, 15) is 8.42 Å². The summed E-state index contributed by atoms with van der Waals surface area (Å²) in [7, 11) is -2.46. The van der Waals surface area contributed by atoms with Gasteiger partial charge in [-0.3, -0.25) is 0 Å². The van der Waals surface area contributed by atoms with Crippen LogP contribution < -0.4 is 8.92 Å². The van der Waals surface area contributed by atoms with Crippen molar-refractivity contribution in [1.82, 2.24) is 0 Å². The van der Waals surface area contributed by atoms with Crippen molar-refractivity contribution in [2.24, 2.45) is 0 Å². The van der Waals surface area contributed by atoms with Crippen molar-refractivity contribution in [3.8, 4) is 11.5 Å². The SMILES string of the molecule is COc1ccc(S(=O)(=O)Oc2ccc(Cl)cc2Cl)cc1C. The van der Waals surface area contributed by atoms with Crippen LogP contribution in [0.25, 0.3) is 0 Å². The van der Waals surface area contributed by atoms with Crippen LogP contribution in [0.1, 0.15) is 5.56 Å². The van der Waals surface area contributed by atoms with Crippen LogP contribution in [0.3, 0.4) is 0 Å². The molecule has 0 saturated heterocycles. The van der Waals surface area contributed by atoms with Gasteiger partial charge in [-0.05, 0) is 48.9 Å². The van der Waals surface area contributed by atoms with Crippen LogP contribution in [0.5, 0.6) is 11.5 Å². The quantitative estimate of drug-likeness (QED) is 0.782. The van der Waals surface area contributed by atoms with E-state index >= 15 is 0 Å². The lowest BCUT2D eigenvalue weighted by Gasteiger charge is -2.10. The molecule has 0 atom stereocenters. The van der Waals surface area contributed by atoms with Gasteiger partial charge in [0.25, 0.3) is 0 Å². The molecular weight excluding hydrogens is 335 g/mol. The molecule has 0 aliphatic heterocycles. The molecule has 2 rings (SSSR count). The summed E-state index contributed by atoms with van der Waals surface area (Å²) in [4.78, 5) is 0.0202. The molecule has 0 saturated carbocycles. The average molecular weight is 347 g/mol. The molecule has 0 fully saturated rings. The van der Waals surface area contributed by atoms with Gasteiger partial charge >= 0.3 is 10.1 Å². The van der Waals surface area contributed by atoms with Crippen molar-refractivity contribution in [2.75, 3.05) is 7.11 Å². The molecule has 2 aromatic rings. The Hall–Kier alpha value is -1.43. The van der Waals surface area contributed by atoms with Crippen LogP contribution in [0, 0.1) is 6.92 Å². The zero-order chi connectivity index (χ0) is 15.6. The fourth-order valence-electron chi connectivity index (χ4n) is 1.72. The molecule has 112 valence electrons. The maximum absolute atomic E-state index is 12.2. The Balaban J connectivity index is 2.36. The Morgan fingerprint density at radius 2 is 1.67 bits per heavy atom. The summed E-state index contributed by atoms with van der Waals surface area (Å²) in [5.41, 5.74) is 0.685. The maximum Gasteiger partial charge on any atom is 0.339 e. The van der Waals surface area contributed by atoms with E-state index in [1.165, 1.54) is 37.4 Å². The Bertz CT molecular complexity index is 773. The lowest BCUT2D eigenvalue weighted by molar-refractivity contribution is 0.411. The number of hydrogen-bond acceptors (Lipinski definition) is 4. The summed E-state index contributed by atoms with van der Waals surface area (Å²) in [5, 5.41) is 0.515. The van der Waals surface area contributed by atoms with Gasteiger partial charge in [0.1, 0.15) is 10.6 Å². The number of rotatable bonds is 4. The molecule has 21 heavy (non-hydrogen) atoms. The van der Waals surface area contributed by atoms with Crippen molar-refractivity contribution in [3.05, 3.63) is 52.0 Å². The zero-order valence-corrected chi connectivity index (χ0v) is 13.6. The van der Waals surface area contributed by atoms with Gasteiger partial charge < -0.3 is 8.92 Å². The van der Waals surface area contributed by atoms with E-state index in [1.54, 1.807) is 13.0 Å². The molecule has 0 aliphatic rings. The van der Waals surface area contributed by atoms with Crippen LogP contribution in [-0.4, -0.2) is 15.5 Å². The molecule has 0 radical (unpaired) electrons. The van der Waals surface area contributed by atoms with Gasteiger partial charge in [-0.25, -0.2) is 0 Å². The van der Waals surface area contributed by atoms with Crippen LogP contribution in [-0.2, 0) is 10.1 Å². The first-order valence-electron chi connectivity index (χ1n) is 5.87. The minimum absolute atomic E-state index is 0.0202. The Morgan fingerprint density at radius 1 is 1.00 bits per heavy atom. The Kier molecular flexibility index (Phi) is 4.66. The van der Waals surface area contributed by atoms with Crippen LogP contribution >= 0.6 is 23.2 Å². The van der Waals surface area contributed by atoms with Crippen LogP contribution in [0.15, 0.2) is 41.3 Å². The van der Waals surface area contributed by atoms with Crippen molar-refractivity contribution in [3.63, 3.8) is 0 Å². The van der Waals surface area contributed by atoms with Crippen LogP contribution in [0.4, 0.5) is 0 Å². The Labute approximate surface area is 133 Å². The highest BCUT2D eigenvalue weighted by atomic mass is 35.5. The van der Waals surface area contributed by atoms with Crippen molar-refractivity contribution >= 4 is 33.3 Å². The van der Waals surface area contributed by atoms with Gasteiger partial charge in [0.2, 0.25) is 0 Å². The number of methoxy groups -OCH3 is 1. The first kappa shape index (κ1) is 15.9. The normalized spacial score (nSPS) is 11.2.